The number of nitrogens with one attached hydrogen (secondary N) is 1. The fraction of sp³-hybridized carbons (Fsp3) is 0.533. The largest absolute Gasteiger partial charge is 0.338 e. The number of carbonyl (C=O) groups is 1. The number of amides is 2. The van der Waals surface area contributed by atoms with Gasteiger partial charge in [0.05, 0.1) is 11.4 Å². The molecule has 0 radical (unpaired) electrons. The van der Waals surface area contributed by atoms with E-state index in [2.05, 4.69) is 20.4 Å². The number of urea groups is 1. The molecule has 4 heterocycles. The Morgan fingerprint density at radius 1 is 1.35 bits per heavy atom. The Morgan fingerprint density at radius 3 is 2.91 bits per heavy atom. The van der Waals surface area contributed by atoms with E-state index in [1.54, 1.807) is 11.3 Å². The first-order valence-electron chi connectivity index (χ1n) is 7.93. The summed E-state index contributed by atoms with van der Waals surface area (Å²) in [5, 5.41) is 8.93. The molecule has 0 spiro atoms. The molecular formula is C15H19N5O2S. The zero-order chi connectivity index (χ0) is 15.6. The van der Waals surface area contributed by atoms with Gasteiger partial charge in [-0.25, -0.2) is 4.79 Å². The minimum atomic E-state index is 0.0842. The third-order valence-corrected chi connectivity index (χ3v) is 5.32. The number of rotatable bonds is 4. The van der Waals surface area contributed by atoms with Gasteiger partial charge in [0.15, 0.2) is 0 Å². The minimum Gasteiger partial charge on any atom is -0.338 e. The van der Waals surface area contributed by atoms with Gasteiger partial charge in [-0.2, -0.15) is 4.98 Å². The normalized spacial score (nSPS) is 20.2. The van der Waals surface area contributed by atoms with Gasteiger partial charge in [-0.15, -0.1) is 11.3 Å². The molecule has 2 amide bonds. The third-order valence-electron chi connectivity index (χ3n) is 4.46. The average Bonchev–Trinajstić information content (AvgIpc) is 3.29. The fourth-order valence-corrected chi connectivity index (χ4v) is 3.89. The van der Waals surface area contributed by atoms with Gasteiger partial charge in [0.25, 0.3) is 0 Å². The maximum Gasteiger partial charge on any atom is 0.317 e. The second kappa shape index (κ2) is 6.29. The molecule has 0 atom stereocenters. The van der Waals surface area contributed by atoms with E-state index in [0.717, 1.165) is 43.9 Å². The Hall–Kier alpha value is -1.93. The van der Waals surface area contributed by atoms with Crippen LogP contribution in [0.15, 0.2) is 22.0 Å². The number of likely N-dealkylation sites (tertiary alicyclic amines) is 1. The Bertz CT molecular complexity index is 663. The summed E-state index contributed by atoms with van der Waals surface area (Å²) in [6.45, 7) is 4.18. The van der Waals surface area contributed by atoms with Crippen LogP contribution in [-0.4, -0.2) is 58.2 Å². The summed E-state index contributed by atoms with van der Waals surface area (Å²) in [7, 11) is 0. The molecule has 0 bridgehead atoms. The second-order valence-corrected chi connectivity index (χ2v) is 6.87. The van der Waals surface area contributed by atoms with Crippen LogP contribution >= 0.6 is 11.3 Å². The first-order valence-corrected chi connectivity index (χ1v) is 8.81. The lowest BCUT2D eigenvalue weighted by molar-refractivity contribution is 0.123. The molecule has 2 aromatic rings. The van der Waals surface area contributed by atoms with E-state index >= 15 is 0 Å². The predicted octanol–water partition coefficient (Wildman–Crippen LogP) is 1.79. The number of carbonyl (C=O) groups excluding carboxylic acids is 1. The van der Waals surface area contributed by atoms with E-state index in [1.165, 1.54) is 0 Å². The fourth-order valence-electron chi connectivity index (χ4n) is 3.24. The minimum absolute atomic E-state index is 0.0842. The van der Waals surface area contributed by atoms with Crippen LogP contribution in [0.1, 0.15) is 18.7 Å². The SMILES string of the molecule is O=C1NCCN1C1CCN(Cc2nc(-c3cccs3)no2)CC1. The lowest BCUT2D eigenvalue weighted by Gasteiger charge is -2.35. The molecule has 2 aromatic heterocycles. The first kappa shape index (κ1) is 14.6. The van der Waals surface area contributed by atoms with Gasteiger partial charge in [0.1, 0.15) is 0 Å². The van der Waals surface area contributed by atoms with Crippen LogP contribution in [0.25, 0.3) is 10.7 Å². The Morgan fingerprint density at radius 2 is 2.22 bits per heavy atom. The van der Waals surface area contributed by atoms with Crippen LogP contribution in [0.2, 0.25) is 0 Å². The smallest absolute Gasteiger partial charge is 0.317 e. The number of hydrogen-bond acceptors (Lipinski definition) is 6. The molecule has 2 aliphatic heterocycles. The van der Waals surface area contributed by atoms with Crippen LogP contribution in [0.4, 0.5) is 4.79 Å². The molecule has 1 N–H and O–H groups in total. The van der Waals surface area contributed by atoms with Crippen molar-refractivity contribution in [2.45, 2.75) is 25.4 Å². The van der Waals surface area contributed by atoms with Crippen LogP contribution in [0, 0.1) is 0 Å². The van der Waals surface area contributed by atoms with E-state index < -0.39 is 0 Å². The van der Waals surface area contributed by atoms with Crippen molar-refractivity contribution in [1.29, 1.82) is 0 Å². The molecule has 4 rings (SSSR count). The number of thiophene rings is 1. The summed E-state index contributed by atoms with van der Waals surface area (Å²) in [6.07, 6.45) is 2.00. The van der Waals surface area contributed by atoms with Crippen LogP contribution in [0.5, 0.6) is 0 Å². The van der Waals surface area contributed by atoms with Gasteiger partial charge < -0.3 is 14.7 Å². The summed E-state index contributed by atoms with van der Waals surface area (Å²) >= 11 is 1.61. The first-order chi connectivity index (χ1) is 11.3. The number of nitrogens with zero attached hydrogens (tertiary/aromatic N) is 4. The molecule has 8 heteroatoms. The van der Waals surface area contributed by atoms with E-state index in [4.69, 9.17) is 4.52 Å². The summed E-state index contributed by atoms with van der Waals surface area (Å²) in [4.78, 5) is 21.5. The van der Waals surface area contributed by atoms with Crippen LogP contribution in [-0.2, 0) is 6.54 Å². The van der Waals surface area contributed by atoms with Gasteiger partial charge in [0.2, 0.25) is 11.7 Å². The van der Waals surface area contributed by atoms with Crippen molar-refractivity contribution < 1.29 is 9.32 Å². The van der Waals surface area contributed by atoms with Crippen molar-refractivity contribution >= 4 is 17.4 Å². The zero-order valence-electron chi connectivity index (χ0n) is 12.8. The zero-order valence-corrected chi connectivity index (χ0v) is 13.6. The van der Waals surface area contributed by atoms with Crippen molar-refractivity contribution in [3.05, 3.63) is 23.4 Å². The summed E-state index contributed by atoms with van der Waals surface area (Å²) in [6, 6.07) is 4.42. The quantitative estimate of drug-likeness (QED) is 0.923. The molecule has 0 aromatic carbocycles. The van der Waals surface area contributed by atoms with Gasteiger partial charge in [-0.05, 0) is 24.3 Å². The summed E-state index contributed by atoms with van der Waals surface area (Å²) in [5.74, 6) is 1.32. The van der Waals surface area contributed by atoms with Crippen molar-refractivity contribution in [2.75, 3.05) is 26.2 Å². The molecule has 7 nitrogen and oxygen atoms in total. The molecule has 0 aliphatic carbocycles. The molecule has 122 valence electrons. The molecule has 23 heavy (non-hydrogen) atoms. The second-order valence-electron chi connectivity index (χ2n) is 5.92. The molecule has 0 unspecified atom stereocenters. The predicted molar refractivity (Wildman–Crippen MR) is 86.0 cm³/mol. The van der Waals surface area contributed by atoms with Crippen molar-refractivity contribution in [3.8, 4) is 10.7 Å². The molecule has 2 saturated heterocycles. The topological polar surface area (TPSA) is 74.5 Å². The Kier molecular flexibility index (Phi) is 4.00. The highest BCUT2D eigenvalue weighted by Gasteiger charge is 2.31. The highest BCUT2D eigenvalue weighted by atomic mass is 32.1. The van der Waals surface area contributed by atoms with E-state index in [0.29, 0.717) is 24.3 Å². The van der Waals surface area contributed by atoms with Gasteiger partial charge in [-0.3, -0.25) is 4.90 Å². The lowest BCUT2D eigenvalue weighted by Crippen LogP contribution is -2.45. The number of hydrogen-bond donors (Lipinski definition) is 1. The van der Waals surface area contributed by atoms with Gasteiger partial charge >= 0.3 is 6.03 Å². The maximum absolute atomic E-state index is 11.7. The lowest BCUT2D eigenvalue weighted by atomic mass is 10.0. The van der Waals surface area contributed by atoms with E-state index in [-0.39, 0.29) is 6.03 Å². The summed E-state index contributed by atoms with van der Waals surface area (Å²) in [5.41, 5.74) is 0. The third kappa shape index (κ3) is 3.09. The maximum atomic E-state index is 11.7. The average molecular weight is 333 g/mol. The Balaban J connectivity index is 1.32. The highest BCUT2D eigenvalue weighted by Crippen LogP contribution is 2.23. The highest BCUT2D eigenvalue weighted by molar-refractivity contribution is 7.13. The monoisotopic (exact) mass is 333 g/mol. The standard InChI is InChI=1S/C15H19N5O2S/c21-15-16-5-8-20(15)11-3-6-19(7-4-11)10-13-17-14(18-22-13)12-2-1-9-23-12/h1-2,9,11H,3-8,10H2,(H,16,21). The Labute approximate surface area is 138 Å². The molecule has 2 aliphatic rings. The number of piperidine rings is 1. The molecular weight excluding hydrogens is 314 g/mol. The van der Waals surface area contributed by atoms with Gasteiger partial charge in [0, 0.05) is 32.2 Å². The van der Waals surface area contributed by atoms with Crippen molar-refractivity contribution in [2.24, 2.45) is 0 Å². The summed E-state index contributed by atoms with van der Waals surface area (Å²) < 4.78 is 5.36. The molecule has 2 fully saturated rings. The van der Waals surface area contributed by atoms with Crippen LogP contribution < -0.4 is 5.32 Å². The number of aromatic nitrogens is 2. The van der Waals surface area contributed by atoms with Crippen molar-refractivity contribution in [3.63, 3.8) is 0 Å². The van der Waals surface area contributed by atoms with E-state index in [1.807, 2.05) is 22.4 Å². The van der Waals surface area contributed by atoms with Crippen LogP contribution in [0.3, 0.4) is 0 Å². The molecule has 0 saturated carbocycles. The van der Waals surface area contributed by atoms with Gasteiger partial charge in [-0.1, -0.05) is 11.2 Å². The van der Waals surface area contributed by atoms with E-state index in [9.17, 15) is 4.79 Å². The van der Waals surface area contributed by atoms with Crippen molar-refractivity contribution in [1.82, 2.24) is 25.3 Å².